The Balaban J connectivity index is 2.14. The first-order valence-corrected chi connectivity index (χ1v) is 10.8. The zero-order valence-corrected chi connectivity index (χ0v) is 17.4. The highest BCUT2D eigenvalue weighted by Gasteiger charge is 2.36. The van der Waals surface area contributed by atoms with Gasteiger partial charge in [-0.1, -0.05) is 71.8 Å². The highest BCUT2D eigenvalue weighted by molar-refractivity contribution is 7.89. The third-order valence-electron chi connectivity index (χ3n) is 4.51. The van der Waals surface area contributed by atoms with Gasteiger partial charge in [-0.05, 0) is 42.3 Å². The van der Waals surface area contributed by atoms with Crippen molar-refractivity contribution in [3.63, 3.8) is 0 Å². The number of carbonyl (C=O) groups is 1. The number of carbonyl (C=O) groups excluding carboxylic acids is 1. The summed E-state index contributed by atoms with van der Waals surface area (Å²) >= 11 is 5.91. The predicted molar refractivity (Wildman–Crippen MR) is 114 cm³/mol. The monoisotopic (exact) mass is 428 g/mol. The van der Waals surface area contributed by atoms with Gasteiger partial charge >= 0.3 is 0 Å². The van der Waals surface area contributed by atoms with Gasteiger partial charge in [0.15, 0.2) is 0 Å². The van der Waals surface area contributed by atoms with Gasteiger partial charge in [-0.25, -0.2) is 8.42 Å². The fraction of sp³-hybridized carbons (Fsp3) is 0.136. The Hall–Kier alpha value is -2.67. The number of halogens is 1. The minimum Gasteiger partial charge on any atom is -0.368 e. The minimum atomic E-state index is -4.05. The van der Waals surface area contributed by atoms with Crippen LogP contribution in [0, 0.1) is 6.92 Å². The summed E-state index contributed by atoms with van der Waals surface area (Å²) in [4.78, 5) is 12.5. The SMILES string of the molecule is Cc1cccc(CN(C(C(N)=O)c2ccccc2)S(=O)(=O)c2ccc(Cl)cc2)c1. The van der Waals surface area contributed by atoms with E-state index in [2.05, 4.69) is 0 Å². The Morgan fingerprint density at radius 2 is 1.66 bits per heavy atom. The Labute approximate surface area is 175 Å². The van der Waals surface area contributed by atoms with Crippen molar-refractivity contribution in [1.82, 2.24) is 4.31 Å². The van der Waals surface area contributed by atoms with E-state index in [1.807, 2.05) is 31.2 Å². The first-order chi connectivity index (χ1) is 13.8. The third kappa shape index (κ3) is 4.85. The number of nitrogens with zero attached hydrogens (tertiary/aromatic N) is 1. The van der Waals surface area contributed by atoms with E-state index in [9.17, 15) is 13.2 Å². The second-order valence-electron chi connectivity index (χ2n) is 6.71. The summed E-state index contributed by atoms with van der Waals surface area (Å²) < 4.78 is 28.2. The second-order valence-corrected chi connectivity index (χ2v) is 9.04. The Morgan fingerprint density at radius 1 is 1.00 bits per heavy atom. The number of hydrogen-bond acceptors (Lipinski definition) is 3. The van der Waals surface area contributed by atoms with E-state index in [0.29, 0.717) is 10.6 Å². The lowest BCUT2D eigenvalue weighted by Gasteiger charge is -2.29. The van der Waals surface area contributed by atoms with Crippen molar-refractivity contribution in [2.45, 2.75) is 24.4 Å². The highest BCUT2D eigenvalue weighted by atomic mass is 35.5. The van der Waals surface area contributed by atoms with Crippen LogP contribution in [-0.2, 0) is 21.4 Å². The van der Waals surface area contributed by atoms with Gasteiger partial charge in [-0.2, -0.15) is 4.31 Å². The largest absolute Gasteiger partial charge is 0.368 e. The maximum atomic E-state index is 13.5. The van der Waals surface area contributed by atoms with Gasteiger partial charge in [-0.15, -0.1) is 0 Å². The molecule has 0 spiro atoms. The zero-order chi connectivity index (χ0) is 21.0. The molecule has 0 fully saturated rings. The van der Waals surface area contributed by atoms with Gasteiger partial charge < -0.3 is 5.73 Å². The van der Waals surface area contributed by atoms with Gasteiger partial charge in [0.1, 0.15) is 6.04 Å². The fourth-order valence-corrected chi connectivity index (χ4v) is 4.85. The van der Waals surface area contributed by atoms with Crippen LogP contribution in [0.3, 0.4) is 0 Å². The van der Waals surface area contributed by atoms with Crippen LogP contribution in [0.1, 0.15) is 22.7 Å². The summed E-state index contributed by atoms with van der Waals surface area (Å²) in [5, 5.41) is 0.420. The summed E-state index contributed by atoms with van der Waals surface area (Å²) in [6.45, 7) is 1.92. The van der Waals surface area contributed by atoms with E-state index in [0.717, 1.165) is 15.4 Å². The van der Waals surface area contributed by atoms with Crippen LogP contribution in [0.5, 0.6) is 0 Å². The van der Waals surface area contributed by atoms with Crippen LogP contribution in [0.15, 0.2) is 83.8 Å². The van der Waals surface area contributed by atoms with Gasteiger partial charge in [-0.3, -0.25) is 4.79 Å². The molecule has 3 aromatic rings. The highest BCUT2D eigenvalue weighted by Crippen LogP contribution is 2.30. The van der Waals surface area contributed by atoms with Crippen molar-refractivity contribution in [3.05, 3.63) is 101 Å². The number of primary amides is 1. The maximum Gasteiger partial charge on any atom is 0.244 e. The van der Waals surface area contributed by atoms with E-state index in [1.165, 1.54) is 24.3 Å². The summed E-state index contributed by atoms with van der Waals surface area (Å²) in [7, 11) is -4.05. The molecule has 0 heterocycles. The number of aryl methyl sites for hydroxylation is 1. The molecular formula is C22H21ClN2O3S. The van der Waals surface area contributed by atoms with Gasteiger partial charge in [0, 0.05) is 11.6 Å². The first-order valence-electron chi connectivity index (χ1n) is 8.96. The van der Waals surface area contributed by atoms with E-state index < -0.39 is 22.0 Å². The molecule has 29 heavy (non-hydrogen) atoms. The van der Waals surface area contributed by atoms with Crippen LogP contribution in [-0.4, -0.2) is 18.6 Å². The molecule has 0 saturated heterocycles. The molecule has 2 N–H and O–H groups in total. The smallest absolute Gasteiger partial charge is 0.244 e. The number of rotatable bonds is 7. The van der Waals surface area contributed by atoms with E-state index in [-0.39, 0.29) is 11.4 Å². The van der Waals surface area contributed by atoms with Crippen LogP contribution in [0.25, 0.3) is 0 Å². The molecule has 0 aliphatic heterocycles. The Kier molecular flexibility index (Phi) is 6.37. The molecule has 0 saturated carbocycles. The molecule has 3 aromatic carbocycles. The predicted octanol–water partition coefficient (Wildman–Crippen LogP) is 4.07. The molecule has 0 radical (unpaired) electrons. The molecular weight excluding hydrogens is 408 g/mol. The number of nitrogens with two attached hydrogens (primary N) is 1. The minimum absolute atomic E-state index is 0.00482. The number of sulfonamides is 1. The lowest BCUT2D eigenvalue weighted by atomic mass is 10.1. The van der Waals surface area contributed by atoms with Gasteiger partial charge in [0.25, 0.3) is 0 Å². The number of benzene rings is 3. The van der Waals surface area contributed by atoms with Crippen molar-refractivity contribution < 1.29 is 13.2 Å². The van der Waals surface area contributed by atoms with Crippen molar-refractivity contribution in [1.29, 1.82) is 0 Å². The van der Waals surface area contributed by atoms with E-state index >= 15 is 0 Å². The van der Waals surface area contributed by atoms with Crippen molar-refractivity contribution >= 4 is 27.5 Å². The topological polar surface area (TPSA) is 80.5 Å². The number of amides is 1. The average Bonchev–Trinajstić information content (AvgIpc) is 2.68. The van der Waals surface area contributed by atoms with E-state index in [1.54, 1.807) is 30.3 Å². The van der Waals surface area contributed by atoms with Crippen LogP contribution in [0.4, 0.5) is 0 Å². The average molecular weight is 429 g/mol. The van der Waals surface area contributed by atoms with Crippen LogP contribution >= 0.6 is 11.6 Å². The Bertz CT molecular complexity index is 1100. The third-order valence-corrected chi connectivity index (χ3v) is 6.59. The summed E-state index contributed by atoms with van der Waals surface area (Å²) in [6, 6.07) is 20.8. The molecule has 1 amide bonds. The normalized spacial score (nSPS) is 12.7. The van der Waals surface area contributed by atoms with E-state index in [4.69, 9.17) is 17.3 Å². The van der Waals surface area contributed by atoms with Crippen molar-refractivity contribution in [2.24, 2.45) is 5.73 Å². The standard InChI is InChI=1S/C22H21ClN2O3S/c1-16-6-5-7-17(14-16)15-25(21(22(24)26)18-8-3-2-4-9-18)29(27,28)20-12-10-19(23)11-13-20/h2-14,21H,15H2,1H3,(H2,24,26). The molecule has 0 bridgehead atoms. The molecule has 0 aliphatic rings. The summed E-state index contributed by atoms with van der Waals surface area (Å²) in [6.07, 6.45) is 0. The molecule has 150 valence electrons. The molecule has 0 aliphatic carbocycles. The maximum absolute atomic E-state index is 13.5. The molecule has 1 atom stereocenters. The van der Waals surface area contributed by atoms with Gasteiger partial charge in [0.05, 0.1) is 4.90 Å². The van der Waals surface area contributed by atoms with Crippen LogP contribution in [0.2, 0.25) is 5.02 Å². The fourth-order valence-electron chi connectivity index (χ4n) is 3.16. The lowest BCUT2D eigenvalue weighted by molar-refractivity contribution is -0.122. The molecule has 0 aromatic heterocycles. The molecule has 5 nitrogen and oxygen atoms in total. The number of hydrogen-bond donors (Lipinski definition) is 1. The van der Waals surface area contributed by atoms with Crippen LogP contribution < -0.4 is 5.73 Å². The molecule has 1 unspecified atom stereocenters. The summed E-state index contributed by atoms with van der Waals surface area (Å²) in [5.41, 5.74) is 7.93. The first kappa shape index (κ1) is 21.0. The molecule has 7 heteroatoms. The quantitative estimate of drug-likeness (QED) is 0.616. The second kappa shape index (κ2) is 8.78. The summed E-state index contributed by atoms with van der Waals surface area (Å²) in [5.74, 6) is -0.749. The zero-order valence-electron chi connectivity index (χ0n) is 15.8. The Morgan fingerprint density at radius 3 is 2.24 bits per heavy atom. The van der Waals surface area contributed by atoms with Crippen molar-refractivity contribution in [3.8, 4) is 0 Å². The lowest BCUT2D eigenvalue weighted by Crippen LogP contribution is -2.41. The van der Waals surface area contributed by atoms with Crippen molar-refractivity contribution in [2.75, 3.05) is 0 Å². The molecule has 3 rings (SSSR count). The van der Waals surface area contributed by atoms with Gasteiger partial charge in [0.2, 0.25) is 15.9 Å².